The molecule has 0 saturated heterocycles. The maximum Gasteiger partial charge on any atom is 0.345 e. The fraction of sp³-hybridized carbons (Fsp3) is 0.211. The van der Waals surface area contributed by atoms with Crippen molar-refractivity contribution >= 4 is 72.6 Å². The number of hydrogen-bond acceptors (Lipinski definition) is 3. The molecule has 0 spiro atoms. The third-order valence-corrected chi connectivity index (χ3v) is 8.08. The predicted octanol–water partition coefficient (Wildman–Crippen LogP) is 5.75. The maximum atomic E-state index is 11.7. The van der Waals surface area contributed by atoms with Crippen LogP contribution in [0.1, 0.15) is 17.4 Å². The number of hydrogen-bond donors (Lipinski definition) is 1. The third-order valence-electron chi connectivity index (χ3n) is 3.89. The maximum absolute atomic E-state index is 11.7. The van der Waals surface area contributed by atoms with E-state index in [4.69, 9.17) is 4.74 Å². The molecule has 1 unspecified atom stereocenters. The molecule has 1 heterocycles. The molecule has 3 rings (SSSR count). The van der Waals surface area contributed by atoms with E-state index in [-0.39, 0.29) is 0 Å². The highest BCUT2D eigenvalue weighted by Gasteiger charge is 2.23. The average molecular weight is 578 g/mol. The zero-order valence-electron chi connectivity index (χ0n) is 13.5. The van der Waals surface area contributed by atoms with Gasteiger partial charge in [-0.25, -0.2) is 4.79 Å². The molecule has 0 aliphatic heterocycles. The molecule has 130 valence electrons. The van der Waals surface area contributed by atoms with Gasteiger partial charge in [-0.2, -0.15) is 0 Å². The highest BCUT2D eigenvalue weighted by molar-refractivity contribution is 14.1. The number of ether oxygens (including phenoxy) is 1. The molecular formula is C19H16I2O3S. The molecule has 25 heavy (non-hydrogen) atoms. The number of thiophene rings is 1. The van der Waals surface area contributed by atoms with Crippen LogP contribution in [0.4, 0.5) is 0 Å². The zero-order chi connectivity index (χ0) is 18.0. The lowest BCUT2D eigenvalue weighted by molar-refractivity contribution is -0.144. The topological polar surface area (TPSA) is 46.5 Å². The van der Waals surface area contributed by atoms with E-state index in [1.165, 1.54) is 9.58 Å². The summed E-state index contributed by atoms with van der Waals surface area (Å²) in [7, 11) is 0. The summed E-state index contributed by atoms with van der Waals surface area (Å²) in [6, 6.07) is 13.5. The Kier molecular flexibility index (Phi) is 6.21. The lowest BCUT2D eigenvalue weighted by atomic mass is 10.1. The summed E-state index contributed by atoms with van der Waals surface area (Å²) in [4.78, 5) is 13.0. The number of rotatable bonds is 6. The van der Waals surface area contributed by atoms with Gasteiger partial charge in [0.1, 0.15) is 5.75 Å². The van der Waals surface area contributed by atoms with Gasteiger partial charge in [0.05, 0.1) is 4.70 Å². The average Bonchev–Trinajstić information content (AvgIpc) is 2.95. The summed E-state index contributed by atoms with van der Waals surface area (Å²) in [6.45, 7) is 2.13. The van der Waals surface area contributed by atoms with E-state index in [0.717, 1.165) is 24.5 Å². The number of aryl methyl sites for hydroxylation is 1. The normalized spacial score (nSPS) is 12.3. The van der Waals surface area contributed by atoms with Gasteiger partial charge in [0.25, 0.3) is 0 Å². The first-order valence-corrected chi connectivity index (χ1v) is 10.8. The summed E-state index contributed by atoms with van der Waals surface area (Å²) >= 11 is 6.43. The Morgan fingerprint density at radius 3 is 2.56 bits per heavy atom. The van der Waals surface area contributed by atoms with Gasteiger partial charge in [-0.1, -0.05) is 37.3 Å². The Bertz CT molecular complexity index is 906. The second-order valence-electron chi connectivity index (χ2n) is 5.58. The standard InChI is InChI=1S/C19H16I2O3S/c1-2-15-17(21)16-13(9-8-12(20)18(16)25-15)24-14(19(22)23)10-11-6-4-3-5-7-11/h3-9,14H,2,10H2,1H3,(H,22,23). The van der Waals surface area contributed by atoms with Crippen LogP contribution < -0.4 is 4.74 Å². The molecule has 3 nitrogen and oxygen atoms in total. The molecule has 6 heteroatoms. The Balaban J connectivity index is 1.99. The SMILES string of the molecule is CCc1sc2c(I)ccc(OC(Cc3ccccc3)C(=O)O)c2c1I. The molecule has 0 aliphatic carbocycles. The quantitative estimate of drug-likeness (QED) is 0.380. The van der Waals surface area contributed by atoms with Crippen LogP contribution >= 0.6 is 56.5 Å². The summed E-state index contributed by atoms with van der Waals surface area (Å²) in [6.07, 6.45) is 0.385. The van der Waals surface area contributed by atoms with Crippen molar-refractivity contribution < 1.29 is 14.6 Å². The van der Waals surface area contributed by atoms with Crippen molar-refractivity contribution in [3.05, 3.63) is 60.0 Å². The monoisotopic (exact) mass is 578 g/mol. The first kappa shape index (κ1) is 18.9. The number of carboxylic acids is 1. The fourth-order valence-corrected chi connectivity index (χ4v) is 5.90. The number of fused-ring (bicyclic) bond motifs is 1. The van der Waals surface area contributed by atoms with Crippen molar-refractivity contribution in [2.45, 2.75) is 25.9 Å². The van der Waals surface area contributed by atoms with Crippen molar-refractivity contribution in [3.63, 3.8) is 0 Å². The van der Waals surface area contributed by atoms with Crippen molar-refractivity contribution in [1.29, 1.82) is 0 Å². The minimum Gasteiger partial charge on any atom is -0.478 e. The summed E-state index contributed by atoms with van der Waals surface area (Å²) in [5, 5.41) is 10.7. The second-order valence-corrected chi connectivity index (χ2v) is 8.92. The van der Waals surface area contributed by atoms with E-state index in [1.807, 2.05) is 42.5 Å². The molecule has 1 aromatic heterocycles. The van der Waals surface area contributed by atoms with Crippen LogP contribution in [0, 0.1) is 7.14 Å². The first-order chi connectivity index (χ1) is 12.0. The molecule has 1 atom stereocenters. The van der Waals surface area contributed by atoms with Crippen LogP contribution in [0.25, 0.3) is 10.1 Å². The van der Waals surface area contributed by atoms with Gasteiger partial charge < -0.3 is 9.84 Å². The molecule has 0 bridgehead atoms. The Hall–Kier alpha value is -0.870. The highest BCUT2D eigenvalue weighted by Crippen LogP contribution is 2.41. The van der Waals surface area contributed by atoms with Crippen LogP contribution in [0.2, 0.25) is 0 Å². The van der Waals surface area contributed by atoms with E-state index in [1.54, 1.807) is 11.3 Å². The molecule has 0 saturated carbocycles. The number of carboxylic acid groups (broad SMARTS) is 1. The van der Waals surface area contributed by atoms with E-state index in [0.29, 0.717) is 12.2 Å². The molecule has 0 amide bonds. The zero-order valence-corrected chi connectivity index (χ0v) is 18.6. The Labute approximate surface area is 177 Å². The molecule has 1 N–H and O–H groups in total. The van der Waals surface area contributed by atoms with E-state index >= 15 is 0 Å². The summed E-state index contributed by atoms with van der Waals surface area (Å²) in [5.74, 6) is -0.296. The summed E-state index contributed by atoms with van der Waals surface area (Å²) in [5.41, 5.74) is 0.950. The van der Waals surface area contributed by atoms with E-state index in [9.17, 15) is 9.90 Å². The van der Waals surface area contributed by atoms with Crippen LogP contribution in [-0.4, -0.2) is 17.2 Å². The summed E-state index contributed by atoms with van der Waals surface area (Å²) < 4.78 is 9.48. The van der Waals surface area contributed by atoms with Crippen LogP contribution in [0.5, 0.6) is 5.75 Å². The molecule has 0 aliphatic rings. The van der Waals surface area contributed by atoms with Gasteiger partial charge in [0, 0.05) is 23.8 Å². The lowest BCUT2D eigenvalue weighted by Gasteiger charge is -2.16. The molecule has 0 radical (unpaired) electrons. The fourth-order valence-electron chi connectivity index (χ4n) is 2.64. The highest BCUT2D eigenvalue weighted by atomic mass is 127. The predicted molar refractivity (Wildman–Crippen MR) is 119 cm³/mol. The number of halogens is 2. The molecule has 0 fully saturated rings. The van der Waals surface area contributed by atoms with Gasteiger partial charge in [0.2, 0.25) is 0 Å². The Morgan fingerprint density at radius 2 is 1.92 bits per heavy atom. The molecule has 3 aromatic rings. The van der Waals surface area contributed by atoms with Gasteiger partial charge >= 0.3 is 5.97 Å². The molecule has 2 aromatic carbocycles. The number of carbonyl (C=O) groups is 1. The van der Waals surface area contributed by atoms with Crippen molar-refractivity contribution in [3.8, 4) is 5.75 Å². The van der Waals surface area contributed by atoms with E-state index in [2.05, 4.69) is 52.1 Å². The van der Waals surface area contributed by atoms with Gasteiger partial charge in [-0.15, -0.1) is 11.3 Å². The van der Waals surface area contributed by atoms with Crippen LogP contribution in [-0.2, 0) is 17.6 Å². The lowest BCUT2D eigenvalue weighted by Crippen LogP contribution is -2.29. The smallest absolute Gasteiger partial charge is 0.345 e. The first-order valence-electron chi connectivity index (χ1n) is 7.84. The largest absolute Gasteiger partial charge is 0.478 e. The van der Waals surface area contributed by atoms with Crippen molar-refractivity contribution in [2.24, 2.45) is 0 Å². The second kappa shape index (κ2) is 8.22. The van der Waals surface area contributed by atoms with Crippen molar-refractivity contribution in [1.82, 2.24) is 0 Å². The van der Waals surface area contributed by atoms with Gasteiger partial charge in [-0.3, -0.25) is 0 Å². The van der Waals surface area contributed by atoms with Gasteiger partial charge in [-0.05, 0) is 69.3 Å². The van der Waals surface area contributed by atoms with Crippen LogP contribution in [0.3, 0.4) is 0 Å². The Morgan fingerprint density at radius 1 is 1.20 bits per heavy atom. The minimum atomic E-state index is -0.948. The minimum absolute atomic E-state index is 0.338. The molecular weight excluding hydrogens is 562 g/mol. The van der Waals surface area contributed by atoms with Crippen LogP contribution in [0.15, 0.2) is 42.5 Å². The van der Waals surface area contributed by atoms with E-state index < -0.39 is 12.1 Å². The number of benzene rings is 2. The third kappa shape index (κ3) is 4.11. The van der Waals surface area contributed by atoms with Gasteiger partial charge in [0.15, 0.2) is 6.10 Å². The number of aliphatic carboxylic acids is 1. The van der Waals surface area contributed by atoms with Crippen molar-refractivity contribution in [2.75, 3.05) is 0 Å².